The van der Waals surface area contributed by atoms with Gasteiger partial charge in [-0.05, 0) is 24.0 Å². The number of nitrogens with one attached hydrogen (secondary N) is 2. The molecule has 10 heteroatoms. The van der Waals surface area contributed by atoms with Gasteiger partial charge in [0.05, 0.1) is 30.8 Å². The normalized spacial score (nSPS) is 16.9. The van der Waals surface area contributed by atoms with Gasteiger partial charge in [0.15, 0.2) is 17.0 Å². The van der Waals surface area contributed by atoms with Crippen LogP contribution >= 0.6 is 11.8 Å². The van der Waals surface area contributed by atoms with Gasteiger partial charge in [0.25, 0.3) is 0 Å². The van der Waals surface area contributed by atoms with Crippen LogP contribution < -0.4 is 10.2 Å². The second kappa shape index (κ2) is 7.86. The molecular formula is C21H22N8OS. The van der Waals surface area contributed by atoms with Crippen molar-refractivity contribution in [1.29, 1.82) is 0 Å². The number of thioether (sulfide) groups is 1. The van der Waals surface area contributed by atoms with Crippen molar-refractivity contribution in [2.45, 2.75) is 13.0 Å². The van der Waals surface area contributed by atoms with Crippen LogP contribution in [0.15, 0.2) is 36.0 Å². The van der Waals surface area contributed by atoms with E-state index >= 15 is 0 Å². The first-order valence-electron chi connectivity index (χ1n) is 10.4. The Labute approximate surface area is 182 Å². The van der Waals surface area contributed by atoms with Crippen LogP contribution in [-0.2, 0) is 11.3 Å². The number of morpholine rings is 1. The molecule has 0 amide bonds. The maximum atomic E-state index is 5.51. The minimum absolute atomic E-state index is 0.523. The highest BCUT2D eigenvalue weighted by Crippen LogP contribution is 2.31. The minimum atomic E-state index is 0.523. The van der Waals surface area contributed by atoms with Crippen LogP contribution in [0, 0.1) is 0 Å². The van der Waals surface area contributed by atoms with Gasteiger partial charge in [0.2, 0.25) is 5.95 Å². The lowest BCUT2D eigenvalue weighted by Crippen LogP contribution is -2.37. The maximum Gasteiger partial charge on any atom is 0.229 e. The summed E-state index contributed by atoms with van der Waals surface area (Å²) in [5.74, 6) is 3.37. The molecule has 1 aromatic carbocycles. The zero-order valence-corrected chi connectivity index (χ0v) is 17.7. The number of hydrogen-bond donors (Lipinski definition) is 2. The van der Waals surface area contributed by atoms with E-state index in [9.17, 15) is 0 Å². The van der Waals surface area contributed by atoms with E-state index in [0.717, 1.165) is 59.1 Å². The van der Waals surface area contributed by atoms with Crippen LogP contribution in [0.25, 0.3) is 27.9 Å². The zero-order valence-electron chi connectivity index (χ0n) is 16.9. The van der Waals surface area contributed by atoms with E-state index in [1.54, 1.807) is 0 Å². The van der Waals surface area contributed by atoms with Gasteiger partial charge in [-0.15, -0.1) is 11.8 Å². The summed E-state index contributed by atoms with van der Waals surface area (Å²) in [5.41, 5.74) is 4.80. The third-order valence-electron chi connectivity index (χ3n) is 5.54. The van der Waals surface area contributed by atoms with Gasteiger partial charge in [-0.1, -0.05) is 12.1 Å². The summed E-state index contributed by atoms with van der Waals surface area (Å²) in [6, 6.07) is 8.03. The Bertz CT molecular complexity index is 1240. The Morgan fingerprint density at radius 1 is 1.13 bits per heavy atom. The number of aromatic nitrogens is 6. The Morgan fingerprint density at radius 3 is 2.87 bits per heavy atom. The number of anilines is 2. The van der Waals surface area contributed by atoms with Crippen molar-refractivity contribution in [1.82, 2.24) is 29.5 Å². The number of allylic oxidation sites excluding steroid dienone is 1. The molecule has 0 spiro atoms. The first-order valence-corrected chi connectivity index (χ1v) is 11.5. The fourth-order valence-electron chi connectivity index (χ4n) is 3.94. The van der Waals surface area contributed by atoms with Crippen molar-refractivity contribution >= 4 is 51.4 Å². The number of fused-ring (bicyclic) bond motifs is 2. The molecule has 2 aliphatic rings. The first-order chi connectivity index (χ1) is 15.3. The second-order valence-corrected chi connectivity index (χ2v) is 8.52. The Morgan fingerprint density at radius 2 is 2.03 bits per heavy atom. The topological polar surface area (TPSA) is 96.8 Å². The van der Waals surface area contributed by atoms with Crippen molar-refractivity contribution in [2.24, 2.45) is 0 Å². The van der Waals surface area contributed by atoms with Gasteiger partial charge in [0.1, 0.15) is 12.2 Å². The highest BCUT2D eigenvalue weighted by Gasteiger charge is 2.21. The molecule has 2 aliphatic heterocycles. The van der Waals surface area contributed by atoms with E-state index in [1.807, 2.05) is 42.4 Å². The summed E-state index contributed by atoms with van der Waals surface area (Å²) in [6.07, 6.45) is 2.86. The van der Waals surface area contributed by atoms with E-state index in [2.05, 4.69) is 35.1 Å². The number of para-hydroxylation sites is 2. The fourth-order valence-corrected chi connectivity index (χ4v) is 4.81. The summed E-state index contributed by atoms with van der Waals surface area (Å²) < 4.78 is 7.60. The van der Waals surface area contributed by atoms with Crippen molar-refractivity contribution in [2.75, 3.05) is 42.3 Å². The van der Waals surface area contributed by atoms with Crippen molar-refractivity contribution in [3.8, 4) is 0 Å². The van der Waals surface area contributed by atoms with Gasteiger partial charge in [-0.3, -0.25) is 4.57 Å². The van der Waals surface area contributed by atoms with Crippen LogP contribution in [0.2, 0.25) is 0 Å². The molecule has 0 atom stereocenters. The monoisotopic (exact) mass is 434 g/mol. The molecule has 5 heterocycles. The molecular weight excluding hydrogens is 412 g/mol. The molecule has 158 valence electrons. The average molecular weight is 435 g/mol. The number of nitrogens with zero attached hydrogens (tertiary/aromatic N) is 6. The third-order valence-corrected chi connectivity index (χ3v) is 6.42. The SMILES string of the molecule is C1=C(n2cnc3c(NCc4nc5ccccc5[nH]4)nc(N4CCOCC4)nc32)CCS1. The van der Waals surface area contributed by atoms with E-state index in [0.29, 0.717) is 25.7 Å². The van der Waals surface area contributed by atoms with E-state index in [4.69, 9.17) is 14.7 Å². The Kier molecular flexibility index (Phi) is 4.73. The lowest BCUT2D eigenvalue weighted by molar-refractivity contribution is 0.122. The molecule has 0 bridgehead atoms. The molecule has 0 aliphatic carbocycles. The maximum absolute atomic E-state index is 5.51. The fraction of sp³-hybridized carbons (Fsp3) is 0.333. The number of H-pyrrole nitrogens is 1. The lowest BCUT2D eigenvalue weighted by Gasteiger charge is -2.27. The number of benzene rings is 1. The highest BCUT2D eigenvalue weighted by atomic mass is 32.2. The summed E-state index contributed by atoms with van der Waals surface area (Å²) in [6.45, 7) is 3.45. The minimum Gasteiger partial charge on any atom is -0.378 e. The number of imidazole rings is 2. The first kappa shape index (κ1) is 18.6. The number of hydrogen-bond acceptors (Lipinski definition) is 8. The summed E-state index contributed by atoms with van der Waals surface area (Å²) in [5, 5.41) is 5.64. The van der Waals surface area contributed by atoms with E-state index in [-0.39, 0.29) is 0 Å². The van der Waals surface area contributed by atoms with Crippen molar-refractivity contribution < 1.29 is 4.74 Å². The van der Waals surface area contributed by atoms with Crippen LogP contribution in [-0.4, -0.2) is 61.5 Å². The van der Waals surface area contributed by atoms with Crippen LogP contribution in [0.5, 0.6) is 0 Å². The zero-order chi connectivity index (χ0) is 20.6. The molecule has 2 N–H and O–H groups in total. The predicted molar refractivity (Wildman–Crippen MR) is 123 cm³/mol. The van der Waals surface area contributed by atoms with E-state index in [1.165, 1.54) is 5.70 Å². The van der Waals surface area contributed by atoms with Crippen LogP contribution in [0.3, 0.4) is 0 Å². The standard InChI is InChI=1S/C21H22N8OS/c1-2-4-16-15(3-1)24-17(25-16)11-22-19-18-20(29(13-23-18)14-5-10-31-12-14)27-21(26-19)28-6-8-30-9-7-28/h1-4,12-13H,5-11H2,(H,24,25)(H,22,26,27). The molecule has 1 fully saturated rings. The Hall–Kier alpha value is -3.11. The lowest BCUT2D eigenvalue weighted by atomic mass is 10.3. The molecule has 3 aromatic heterocycles. The summed E-state index contributed by atoms with van der Waals surface area (Å²) in [4.78, 5) is 24.6. The van der Waals surface area contributed by atoms with Gasteiger partial charge in [0, 0.05) is 24.5 Å². The molecule has 0 unspecified atom stereocenters. The van der Waals surface area contributed by atoms with Gasteiger partial charge < -0.3 is 19.9 Å². The quantitative estimate of drug-likeness (QED) is 0.495. The van der Waals surface area contributed by atoms with Gasteiger partial charge in [-0.2, -0.15) is 9.97 Å². The predicted octanol–water partition coefficient (Wildman–Crippen LogP) is 3.09. The number of aromatic amines is 1. The molecule has 0 radical (unpaired) electrons. The Balaban J connectivity index is 1.38. The summed E-state index contributed by atoms with van der Waals surface area (Å²) in [7, 11) is 0. The molecule has 1 saturated heterocycles. The third kappa shape index (κ3) is 3.51. The highest BCUT2D eigenvalue weighted by molar-refractivity contribution is 8.02. The molecule has 4 aromatic rings. The molecule has 0 saturated carbocycles. The molecule has 6 rings (SSSR count). The average Bonchev–Trinajstić information content (AvgIpc) is 3.56. The van der Waals surface area contributed by atoms with Gasteiger partial charge in [-0.25, -0.2) is 9.97 Å². The van der Waals surface area contributed by atoms with Crippen LogP contribution in [0.4, 0.5) is 11.8 Å². The number of rotatable bonds is 5. The summed E-state index contributed by atoms with van der Waals surface area (Å²) >= 11 is 1.83. The molecule has 9 nitrogen and oxygen atoms in total. The van der Waals surface area contributed by atoms with Crippen molar-refractivity contribution in [3.63, 3.8) is 0 Å². The van der Waals surface area contributed by atoms with Crippen LogP contribution in [0.1, 0.15) is 12.2 Å². The largest absolute Gasteiger partial charge is 0.378 e. The van der Waals surface area contributed by atoms with Gasteiger partial charge >= 0.3 is 0 Å². The van der Waals surface area contributed by atoms with E-state index < -0.39 is 0 Å². The van der Waals surface area contributed by atoms with Crippen molar-refractivity contribution in [3.05, 3.63) is 41.8 Å². The number of ether oxygens (including phenoxy) is 1. The molecule has 31 heavy (non-hydrogen) atoms. The smallest absolute Gasteiger partial charge is 0.229 e. The second-order valence-electron chi connectivity index (χ2n) is 7.54.